The van der Waals surface area contributed by atoms with Crippen LogP contribution in [0, 0.1) is 6.92 Å². The van der Waals surface area contributed by atoms with E-state index >= 15 is 0 Å². The number of nitrogens with zero attached hydrogens (tertiary/aromatic N) is 2. The van der Waals surface area contributed by atoms with E-state index in [2.05, 4.69) is 9.97 Å². The van der Waals surface area contributed by atoms with Crippen molar-refractivity contribution in [2.75, 3.05) is 6.26 Å². The highest BCUT2D eigenvalue weighted by Crippen LogP contribution is 2.23. The third-order valence-electron chi connectivity index (χ3n) is 2.16. The van der Waals surface area contributed by atoms with Crippen LogP contribution in [0.5, 0.6) is 5.75 Å². The number of aromatic hydroxyl groups is 1. The minimum Gasteiger partial charge on any atom is -0.508 e. The molecule has 0 saturated heterocycles. The first-order valence-corrected chi connectivity index (χ1v) is 6.10. The number of hydrogen-bond acceptors (Lipinski definition) is 4. The predicted octanol–water partition coefficient (Wildman–Crippen LogP) is 2.88. The summed E-state index contributed by atoms with van der Waals surface area (Å²) in [6.07, 6.45) is 1.95. The Balaban J connectivity index is 2.51. The lowest BCUT2D eigenvalue weighted by molar-refractivity contribution is 0.475. The van der Waals surface area contributed by atoms with Crippen LogP contribution in [0.4, 0.5) is 0 Å². The maximum absolute atomic E-state index is 9.42. The molecule has 82 valence electrons. The van der Waals surface area contributed by atoms with Crippen molar-refractivity contribution in [2.24, 2.45) is 0 Å². The van der Waals surface area contributed by atoms with E-state index in [1.54, 1.807) is 18.2 Å². The van der Waals surface area contributed by atoms with E-state index < -0.39 is 0 Å². The van der Waals surface area contributed by atoms with E-state index in [1.807, 2.05) is 25.3 Å². The standard InChI is InChI=1S/C12H12N2OS/c1-8-6-11(14-12(13-8)16-2)9-4-3-5-10(15)7-9/h3-7,15H,1-2H3. The van der Waals surface area contributed by atoms with Gasteiger partial charge in [-0.05, 0) is 31.4 Å². The number of phenols is 1. The second-order valence-electron chi connectivity index (χ2n) is 3.43. The summed E-state index contributed by atoms with van der Waals surface area (Å²) < 4.78 is 0. The number of rotatable bonds is 2. The molecule has 0 fully saturated rings. The molecule has 0 aliphatic carbocycles. The van der Waals surface area contributed by atoms with Gasteiger partial charge in [0.15, 0.2) is 5.16 Å². The minimum absolute atomic E-state index is 0.250. The number of hydrogen-bond donors (Lipinski definition) is 1. The van der Waals surface area contributed by atoms with E-state index in [-0.39, 0.29) is 5.75 Å². The molecular weight excluding hydrogens is 220 g/mol. The summed E-state index contributed by atoms with van der Waals surface area (Å²) in [5.74, 6) is 0.250. The maximum atomic E-state index is 9.42. The Hall–Kier alpha value is -1.55. The van der Waals surface area contributed by atoms with Crippen LogP contribution in [0.25, 0.3) is 11.3 Å². The van der Waals surface area contributed by atoms with Crippen LogP contribution >= 0.6 is 11.8 Å². The Morgan fingerprint density at radius 3 is 2.69 bits per heavy atom. The van der Waals surface area contributed by atoms with Crippen molar-refractivity contribution < 1.29 is 5.11 Å². The summed E-state index contributed by atoms with van der Waals surface area (Å²) in [6.45, 7) is 1.94. The van der Waals surface area contributed by atoms with Crippen molar-refractivity contribution in [3.8, 4) is 17.0 Å². The molecule has 2 aromatic rings. The van der Waals surface area contributed by atoms with Gasteiger partial charge in [0.05, 0.1) is 5.69 Å². The van der Waals surface area contributed by atoms with Gasteiger partial charge in [-0.1, -0.05) is 23.9 Å². The summed E-state index contributed by atoms with van der Waals surface area (Å²) in [5.41, 5.74) is 2.67. The Labute approximate surface area is 98.6 Å². The Morgan fingerprint density at radius 1 is 1.19 bits per heavy atom. The highest BCUT2D eigenvalue weighted by molar-refractivity contribution is 7.98. The Bertz CT molecular complexity index is 514. The van der Waals surface area contributed by atoms with Gasteiger partial charge in [-0.25, -0.2) is 9.97 Å². The van der Waals surface area contributed by atoms with Crippen LogP contribution in [-0.4, -0.2) is 21.3 Å². The molecule has 0 atom stereocenters. The summed E-state index contributed by atoms with van der Waals surface area (Å²) in [4.78, 5) is 8.69. The Morgan fingerprint density at radius 2 is 2.00 bits per heavy atom. The smallest absolute Gasteiger partial charge is 0.188 e. The normalized spacial score (nSPS) is 10.4. The quantitative estimate of drug-likeness (QED) is 0.639. The number of aromatic nitrogens is 2. The van der Waals surface area contributed by atoms with Crippen LogP contribution in [0.2, 0.25) is 0 Å². The average Bonchev–Trinajstić information content (AvgIpc) is 2.28. The lowest BCUT2D eigenvalue weighted by Crippen LogP contribution is -1.92. The second-order valence-corrected chi connectivity index (χ2v) is 4.20. The minimum atomic E-state index is 0.250. The third-order valence-corrected chi connectivity index (χ3v) is 2.71. The van der Waals surface area contributed by atoms with E-state index in [0.29, 0.717) is 0 Å². The van der Waals surface area contributed by atoms with Crippen LogP contribution in [0.15, 0.2) is 35.5 Å². The third kappa shape index (κ3) is 2.33. The summed E-state index contributed by atoms with van der Waals surface area (Å²) in [5, 5.41) is 10.2. The van der Waals surface area contributed by atoms with Crippen molar-refractivity contribution in [2.45, 2.75) is 12.1 Å². The van der Waals surface area contributed by atoms with E-state index in [4.69, 9.17) is 0 Å². The molecule has 16 heavy (non-hydrogen) atoms. The molecule has 0 aliphatic rings. The molecule has 2 rings (SSSR count). The van der Waals surface area contributed by atoms with Gasteiger partial charge in [0.1, 0.15) is 5.75 Å². The molecule has 1 N–H and O–H groups in total. The molecule has 0 radical (unpaired) electrons. The lowest BCUT2D eigenvalue weighted by Gasteiger charge is -2.04. The topological polar surface area (TPSA) is 46.0 Å². The van der Waals surface area contributed by atoms with Crippen molar-refractivity contribution in [1.82, 2.24) is 9.97 Å². The van der Waals surface area contributed by atoms with Crippen molar-refractivity contribution in [3.05, 3.63) is 36.0 Å². The van der Waals surface area contributed by atoms with Crippen molar-refractivity contribution in [1.29, 1.82) is 0 Å². The number of aryl methyl sites for hydroxylation is 1. The second kappa shape index (κ2) is 4.53. The highest BCUT2D eigenvalue weighted by atomic mass is 32.2. The monoisotopic (exact) mass is 232 g/mol. The van der Waals surface area contributed by atoms with Crippen molar-refractivity contribution >= 4 is 11.8 Å². The van der Waals surface area contributed by atoms with Gasteiger partial charge in [-0.2, -0.15) is 0 Å². The van der Waals surface area contributed by atoms with Gasteiger partial charge >= 0.3 is 0 Å². The largest absolute Gasteiger partial charge is 0.508 e. The molecule has 1 heterocycles. The average molecular weight is 232 g/mol. The Kier molecular flexibility index (Phi) is 3.10. The molecule has 1 aromatic carbocycles. The number of phenolic OH excluding ortho intramolecular Hbond substituents is 1. The fraction of sp³-hybridized carbons (Fsp3) is 0.167. The zero-order chi connectivity index (χ0) is 11.5. The van der Waals surface area contributed by atoms with Gasteiger partial charge in [0, 0.05) is 11.3 Å². The first-order valence-electron chi connectivity index (χ1n) is 4.88. The molecule has 0 unspecified atom stereocenters. The number of benzene rings is 1. The molecule has 0 spiro atoms. The molecular formula is C12H12N2OS. The van der Waals surface area contributed by atoms with Crippen LogP contribution in [-0.2, 0) is 0 Å². The van der Waals surface area contributed by atoms with Gasteiger partial charge in [0.2, 0.25) is 0 Å². The first-order chi connectivity index (χ1) is 7.69. The summed E-state index contributed by atoms with van der Waals surface area (Å²) in [6, 6.07) is 8.99. The molecule has 1 aromatic heterocycles. The van der Waals surface area contributed by atoms with Gasteiger partial charge in [-0.3, -0.25) is 0 Å². The fourth-order valence-electron chi connectivity index (χ4n) is 1.45. The predicted molar refractivity (Wildman–Crippen MR) is 65.7 cm³/mol. The molecule has 0 amide bonds. The molecule has 0 saturated carbocycles. The van der Waals surface area contributed by atoms with Gasteiger partial charge < -0.3 is 5.11 Å². The molecule has 0 aliphatic heterocycles. The first kappa shape index (κ1) is 11.0. The van der Waals surface area contributed by atoms with E-state index in [0.717, 1.165) is 22.1 Å². The van der Waals surface area contributed by atoms with Crippen LogP contribution in [0.1, 0.15) is 5.69 Å². The highest BCUT2D eigenvalue weighted by Gasteiger charge is 2.04. The zero-order valence-corrected chi connectivity index (χ0v) is 9.95. The maximum Gasteiger partial charge on any atom is 0.188 e. The SMILES string of the molecule is CSc1nc(C)cc(-c2cccc(O)c2)n1. The van der Waals surface area contributed by atoms with E-state index in [9.17, 15) is 5.11 Å². The summed E-state index contributed by atoms with van der Waals surface area (Å²) in [7, 11) is 0. The van der Waals surface area contributed by atoms with Crippen LogP contribution < -0.4 is 0 Å². The summed E-state index contributed by atoms with van der Waals surface area (Å²) >= 11 is 1.51. The van der Waals surface area contributed by atoms with E-state index in [1.165, 1.54) is 11.8 Å². The number of thioether (sulfide) groups is 1. The van der Waals surface area contributed by atoms with Gasteiger partial charge in [-0.15, -0.1) is 0 Å². The lowest BCUT2D eigenvalue weighted by atomic mass is 10.1. The fourth-order valence-corrected chi connectivity index (χ4v) is 1.87. The van der Waals surface area contributed by atoms with Gasteiger partial charge in [0.25, 0.3) is 0 Å². The zero-order valence-electron chi connectivity index (χ0n) is 9.14. The molecule has 4 heteroatoms. The van der Waals surface area contributed by atoms with Crippen molar-refractivity contribution in [3.63, 3.8) is 0 Å². The van der Waals surface area contributed by atoms with Crippen LogP contribution in [0.3, 0.4) is 0 Å². The molecule has 3 nitrogen and oxygen atoms in total. The molecule has 0 bridgehead atoms.